The molecule has 1 N–H and O–H groups in total. The van der Waals surface area contributed by atoms with Crippen molar-refractivity contribution in [3.63, 3.8) is 0 Å². The lowest BCUT2D eigenvalue weighted by Gasteiger charge is -2.13. The molecule has 37 heavy (non-hydrogen) atoms. The Bertz CT molecular complexity index is 1590. The summed E-state index contributed by atoms with van der Waals surface area (Å²) in [5, 5.41) is 23.3. The maximum Gasteiger partial charge on any atom is 0.339 e. The van der Waals surface area contributed by atoms with Gasteiger partial charge >= 0.3 is 10.1 Å². The molecule has 0 unspecified atom stereocenters. The van der Waals surface area contributed by atoms with Gasteiger partial charge < -0.3 is 14.2 Å². The fourth-order valence-electron chi connectivity index (χ4n) is 2.92. The van der Waals surface area contributed by atoms with E-state index in [4.69, 9.17) is 32.1 Å². The Kier molecular flexibility index (Phi) is 8.77. The maximum atomic E-state index is 12.8. The summed E-state index contributed by atoms with van der Waals surface area (Å²) in [5.41, 5.74) is -0.248. The molecule has 0 aromatic heterocycles. The summed E-state index contributed by atoms with van der Waals surface area (Å²) in [6.07, 6.45) is 1.24. The first-order valence-electron chi connectivity index (χ1n) is 9.90. The van der Waals surface area contributed by atoms with Crippen LogP contribution in [0.5, 0.6) is 11.5 Å². The first-order valence-corrected chi connectivity index (χ1v) is 12.9. The molecule has 3 rings (SSSR count). The zero-order valence-electron chi connectivity index (χ0n) is 18.6. The monoisotopic (exact) mass is 625 g/mol. The Morgan fingerprint density at radius 3 is 2.54 bits per heavy atom. The van der Waals surface area contributed by atoms with Crippen LogP contribution in [0.15, 0.2) is 69.5 Å². The predicted octanol–water partition coefficient (Wildman–Crippen LogP) is 5.99. The van der Waals surface area contributed by atoms with Gasteiger partial charge in [0.2, 0.25) is 0 Å². The number of amides is 1. The van der Waals surface area contributed by atoms with Crippen LogP contribution in [0.25, 0.3) is 6.08 Å². The summed E-state index contributed by atoms with van der Waals surface area (Å²) in [4.78, 5) is 22.5. The van der Waals surface area contributed by atoms with Gasteiger partial charge in [0.25, 0.3) is 11.6 Å². The van der Waals surface area contributed by atoms with Crippen molar-refractivity contribution in [2.75, 3.05) is 12.4 Å². The van der Waals surface area contributed by atoms with Gasteiger partial charge in [0, 0.05) is 12.1 Å². The van der Waals surface area contributed by atoms with E-state index in [1.807, 2.05) is 0 Å². The second-order valence-corrected chi connectivity index (χ2v) is 10.2. The first-order chi connectivity index (χ1) is 17.5. The van der Waals surface area contributed by atoms with Crippen molar-refractivity contribution < 1.29 is 27.1 Å². The number of nitrogens with one attached hydrogen (secondary N) is 1. The normalized spacial score (nSPS) is 11.4. The topological polar surface area (TPSA) is 149 Å². The van der Waals surface area contributed by atoms with Gasteiger partial charge in [0.1, 0.15) is 16.5 Å². The lowest BCUT2D eigenvalue weighted by molar-refractivity contribution is -0.385. The molecule has 0 saturated heterocycles. The third-order valence-corrected chi connectivity index (χ3v) is 7.26. The van der Waals surface area contributed by atoms with E-state index in [2.05, 4.69) is 21.2 Å². The summed E-state index contributed by atoms with van der Waals surface area (Å²) >= 11 is 15.2. The number of ether oxygens (including phenoxy) is 1. The van der Waals surface area contributed by atoms with Crippen LogP contribution in [-0.4, -0.2) is 26.4 Å². The van der Waals surface area contributed by atoms with Crippen LogP contribution >= 0.6 is 39.1 Å². The van der Waals surface area contributed by atoms with Gasteiger partial charge in [-0.3, -0.25) is 14.9 Å². The molecule has 0 aliphatic heterocycles. The maximum absolute atomic E-state index is 12.8. The molecule has 0 atom stereocenters. The summed E-state index contributed by atoms with van der Waals surface area (Å²) in [7, 11) is -3.24. The van der Waals surface area contributed by atoms with Crippen molar-refractivity contribution in [3.8, 4) is 17.6 Å². The van der Waals surface area contributed by atoms with Crippen LogP contribution in [0.4, 0.5) is 11.4 Å². The molecule has 0 spiro atoms. The highest BCUT2D eigenvalue weighted by Gasteiger charge is 2.24. The molecular weight excluding hydrogens is 613 g/mol. The number of hydrogen-bond donors (Lipinski definition) is 1. The number of nitro benzene ring substituents is 1. The molecule has 0 heterocycles. The van der Waals surface area contributed by atoms with E-state index in [0.29, 0.717) is 0 Å². The fraction of sp³-hybridized carbons (Fsp3) is 0.0435. The van der Waals surface area contributed by atoms with Gasteiger partial charge in [-0.2, -0.15) is 13.7 Å². The highest BCUT2D eigenvalue weighted by molar-refractivity contribution is 9.10. The molecule has 0 aliphatic rings. The molecule has 0 bridgehead atoms. The van der Waals surface area contributed by atoms with Crippen LogP contribution in [0.1, 0.15) is 5.56 Å². The van der Waals surface area contributed by atoms with Crippen molar-refractivity contribution in [2.24, 2.45) is 0 Å². The standard InChI is InChI=1S/C23H14BrCl2N3O7S/c1-35-20-10-13(8-14(12-27)23(30)28-19-7-3-6-18(25)21(19)26)9-17(24)22(20)36-37(33,34)16-5-2-4-15(11-16)29(31)32/h2-11H,1H3,(H,28,30)/b14-8+. The highest BCUT2D eigenvalue weighted by atomic mass is 79.9. The van der Waals surface area contributed by atoms with E-state index in [1.54, 1.807) is 12.1 Å². The third kappa shape index (κ3) is 6.58. The molecule has 3 aromatic carbocycles. The Labute approximate surface area is 229 Å². The number of anilines is 1. The van der Waals surface area contributed by atoms with Crippen molar-refractivity contribution in [1.82, 2.24) is 0 Å². The number of hydrogen-bond acceptors (Lipinski definition) is 8. The molecule has 1 amide bonds. The Morgan fingerprint density at radius 2 is 1.89 bits per heavy atom. The van der Waals surface area contributed by atoms with Gasteiger partial charge in [0.05, 0.1) is 32.2 Å². The van der Waals surface area contributed by atoms with Crippen LogP contribution < -0.4 is 14.2 Å². The van der Waals surface area contributed by atoms with E-state index in [0.717, 1.165) is 18.2 Å². The number of carbonyl (C=O) groups is 1. The smallest absolute Gasteiger partial charge is 0.339 e. The van der Waals surface area contributed by atoms with E-state index < -0.39 is 31.5 Å². The van der Waals surface area contributed by atoms with Crippen molar-refractivity contribution >= 4 is 72.6 Å². The lowest BCUT2D eigenvalue weighted by Crippen LogP contribution is -2.14. The van der Waals surface area contributed by atoms with Gasteiger partial charge in [-0.1, -0.05) is 35.3 Å². The zero-order valence-corrected chi connectivity index (χ0v) is 22.5. The summed E-state index contributed by atoms with van der Waals surface area (Å²) in [6, 6.07) is 13.5. The van der Waals surface area contributed by atoms with E-state index in [1.165, 1.54) is 43.5 Å². The minimum absolute atomic E-state index is 0.0646. The van der Waals surface area contributed by atoms with E-state index >= 15 is 0 Å². The number of halogens is 3. The zero-order chi connectivity index (χ0) is 27.3. The van der Waals surface area contributed by atoms with Crippen LogP contribution in [-0.2, 0) is 14.9 Å². The molecule has 0 fully saturated rings. The highest BCUT2D eigenvalue weighted by Crippen LogP contribution is 2.39. The largest absolute Gasteiger partial charge is 0.493 e. The average molecular weight is 627 g/mol. The molecule has 10 nitrogen and oxygen atoms in total. The Balaban J connectivity index is 1.94. The summed E-state index contributed by atoms with van der Waals surface area (Å²) < 4.78 is 36.1. The van der Waals surface area contributed by atoms with Crippen molar-refractivity contribution in [2.45, 2.75) is 4.90 Å². The molecule has 0 radical (unpaired) electrons. The molecule has 0 aliphatic carbocycles. The molecule has 190 valence electrons. The van der Waals surface area contributed by atoms with E-state index in [9.17, 15) is 28.6 Å². The van der Waals surface area contributed by atoms with Crippen LogP contribution in [0.2, 0.25) is 10.0 Å². The summed E-state index contributed by atoms with van der Waals surface area (Å²) in [6.45, 7) is 0. The summed E-state index contributed by atoms with van der Waals surface area (Å²) in [5.74, 6) is -1.08. The number of nitro groups is 1. The number of nitrogens with zero attached hydrogens (tertiary/aromatic N) is 2. The van der Waals surface area contributed by atoms with Gasteiger partial charge in [-0.05, 0) is 57.9 Å². The van der Waals surface area contributed by atoms with Crippen molar-refractivity contribution in [1.29, 1.82) is 5.26 Å². The number of rotatable bonds is 8. The molecule has 14 heteroatoms. The van der Waals surface area contributed by atoms with Crippen molar-refractivity contribution in [3.05, 3.63) is 90.4 Å². The van der Waals surface area contributed by atoms with Gasteiger partial charge in [0.15, 0.2) is 11.5 Å². The number of methoxy groups -OCH3 is 1. The molecular formula is C23H14BrCl2N3O7S. The van der Waals surface area contributed by atoms with Crippen LogP contribution in [0, 0.1) is 21.4 Å². The van der Waals surface area contributed by atoms with Gasteiger partial charge in [-0.25, -0.2) is 0 Å². The number of nitriles is 1. The van der Waals surface area contributed by atoms with Gasteiger partial charge in [-0.15, -0.1) is 0 Å². The second-order valence-electron chi connectivity index (χ2n) is 7.05. The second kappa shape index (κ2) is 11.6. The minimum Gasteiger partial charge on any atom is -0.493 e. The third-order valence-electron chi connectivity index (χ3n) is 4.64. The number of benzene rings is 3. The fourth-order valence-corrected chi connectivity index (χ4v) is 4.91. The average Bonchev–Trinajstić information content (AvgIpc) is 2.86. The Morgan fingerprint density at radius 1 is 1.19 bits per heavy atom. The number of carbonyl (C=O) groups excluding carboxylic acids is 1. The quantitative estimate of drug-likeness (QED) is 0.105. The van der Waals surface area contributed by atoms with E-state index in [-0.39, 0.29) is 42.8 Å². The Hall–Kier alpha value is -3.63. The lowest BCUT2D eigenvalue weighted by atomic mass is 10.1. The molecule has 0 saturated carbocycles. The minimum atomic E-state index is -4.49. The predicted molar refractivity (Wildman–Crippen MR) is 140 cm³/mol. The number of non-ortho nitro benzene ring substituents is 1. The molecule has 3 aromatic rings. The first kappa shape index (κ1) is 27.9. The SMILES string of the molecule is COc1cc(/C=C(\C#N)C(=O)Nc2cccc(Cl)c2Cl)cc(Br)c1OS(=O)(=O)c1cccc([N+](=O)[O-])c1. The van der Waals surface area contributed by atoms with Crippen LogP contribution in [0.3, 0.4) is 0 Å².